The first-order chi connectivity index (χ1) is 5.61. The van der Waals surface area contributed by atoms with Crippen molar-refractivity contribution in [2.45, 2.75) is 40.2 Å². The molecule has 1 rings (SSSR count). The zero-order valence-electron chi connectivity index (χ0n) is 8.33. The molecule has 0 aromatic carbocycles. The van der Waals surface area contributed by atoms with E-state index < -0.39 is 0 Å². The maximum absolute atomic E-state index is 4.17. The largest absolute Gasteiger partial charge is 0.268 e. The minimum Gasteiger partial charge on any atom is -0.268 e. The van der Waals surface area contributed by atoms with Gasteiger partial charge in [0.15, 0.2) is 0 Å². The van der Waals surface area contributed by atoms with Gasteiger partial charge in [0.1, 0.15) is 6.20 Å². The van der Waals surface area contributed by atoms with Crippen molar-refractivity contribution in [3.63, 3.8) is 0 Å². The third-order valence-electron chi connectivity index (χ3n) is 1.82. The van der Waals surface area contributed by atoms with Gasteiger partial charge in [-0.15, -0.1) is 0 Å². The number of nitrogens with zero attached hydrogens (tertiary/aromatic N) is 2. The quantitative estimate of drug-likeness (QED) is 0.672. The van der Waals surface area contributed by atoms with Gasteiger partial charge < -0.3 is 0 Å². The zero-order chi connectivity index (χ0) is 9.14. The lowest BCUT2D eigenvalue weighted by Gasteiger charge is -2.11. The van der Waals surface area contributed by atoms with Crippen molar-refractivity contribution in [2.24, 2.45) is 5.92 Å². The Labute approximate surface area is 74.6 Å². The van der Waals surface area contributed by atoms with E-state index in [1.807, 2.05) is 6.07 Å². The van der Waals surface area contributed by atoms with E-state index in [0.717, 1.165) is 6.54 Å². The molecule has 2 nitrogen and oxygen atoms in total. The van der Waals surface area contributed by atoms with Crippen molar-refractivity contribution < 1.29 is 0 Å². The van der Waals surface area contributed by atoms with Crippen molar-refractivity contribution in [1.82, 2.24) is 9.78 Å². The fraction of sp³-hybridized carbons (Fsp3) is 0.700. The van der Waals surface area contributed by atoms with E-state index in [1.165, 1.54) is 5.69 Å². The molecule has 1 heterocycles. The van der Waals surface area contributed by atoms with Gasteiger partial charge in [0.05, 0.1) is 0 Å². The normalized spacial score (nSPS) is 11.5. The van der Waals surface area contributed by atoms with E-state index in [9.17, 15) is 0 Å². The molecule has 0 amide bonds. The lowest BCUT2D eigenvalue weighted by Crippen LogP contribution is -2.10. The monoisotopic (exact) mass is 165 g/mol. The predicted octanol–water partition coefficient (Wildman–Crippen LogP) is 2.46. The van der Waals surface area contributed by atoms with Crippen LogP contribution in [0.3, 0.4) is 0 Å². The molecule has 0 aliphatic rings. The Hall–Kier alpha value is -0.790. The highest BCUT2D eigenvalue weighted by Crippen LogP contribution is 2.13. The highest BCUT2D eigenvalue weighted by molar-refractivity contribution is 5.04. The minimum atomic E-state index is 0.544. The second-order valence-electron chi connectivity index (χ2n) is 3.93. The number of aromatic nitrogens is 2. The van der Waals surface area contributed by atoms with E-state index in [1.54, 1.807) is 0 Å². The van der Waals surface area contributed by atoms with Crippen molar-refractivity contribution in [2.75, 3.05) is 0 Å². The first-order valence-corrected chi connectivity index (χ1v) is 4.55. The number of hydrogen-bond acceptors (Lipinski definition) is 1. The van der Waals surface area contributed by atoms with Crippen LogP contribution >= 0.6 is 0 Å². The van der Waals surface area contributed by atoms with Gasteiger partial charge in [-0.2, -0.15) is 5.10 Å². The van der Waals surface area contributed by atoms with Gasteiger partial charge in [-0.3, -0.25) is 4.68 Å². The van der Waals surface area contributed by atoms with Crippen molar-refractivity contribution in [1.29, 1.82) is 0 Å². The summed E-state index contributed by atoms with van der Waals surface area (Å²) in [6.45, 7) is 9.76. The molecule has 0 fully saturated rings. The Morgan fingerprint density at radius 2 is 2.08 bits per heavy atom. The lowest BCUT2D eigenvalue weighted by molar-refractivity contribution is 0.461. The molecule has 0 aliphatic carbocycles. The Morgan fingerprint density at radius 1 is 1.42 bits per heavy atom. The van der Waals surface area contributed by atoms with Crippen LogP contribution in [0.4, 0.5) is 0 Å². The van der Waals surface area contributed by atoms with Crippen molar-refractivity contribution in [3.8, 4) is 0 Å². The fourth-order valence-corrected chi connectivity index (χ4v) is 1.25. The molecule has 67 valence electrons. The van der Waals surface area contributed by atoms with Crippen LogP contribution in [0.1, 0.15) is 39.3 Å². The molecule has 0 bridgehead atoms. The van der Waals surface area contributed by atoms with Crippen LogP contribution in [0.15, 0.2) is 6.07 Å². The fourth-order valence-electron chi connectivity index (χ4n) is 1.25. The predicted molar refractivity (Wildman–Crippen MR) is 50.0 cm³/mol. The molecule has 1 aromatic rings. The summed E-state index contributed by atoms with van der Waals surface area (Å²) in [5.41, 5.74) is 1.28. The topological polar surface area (TPSA) is 17.8 Å². The molecule has 0 aliphatic heterocycles. The van der Waals surface area contributed by atoms with Crippen LogP contribution < -0.4 is 0 Å². The van der Waals surface area contributed by atoms with Gasteiger partial charge in [-0.1, -0.05) is 27.7 Å². The van der Waals surface area contributed by atoms with Crippen LogP contribution in [0.25, 0.3) is 0 Å². The summed E-state index contributed by atoms with van der Waals surface area (Å²) >= 11 is 0. The van der Waals surface area contributed by atoms with Crippen molar-refractivity contribution >= 4 is 0 Å². The second kappa shape index (κ2) is 3.74. The lowest BCUT2D eigenvalue weighted by atomic mass is 10.1. The number of hydrogen-bond donors (Lipinski definition) is 0. The Kier molecular flexibility index (Phi) is 2.90. The number of rotatable bonds is 3. The van der Waals surface area contributed by atoms with Gasteiger partial charge in [-0.05, 0) is 17.9 Å². The van der Waals surface area contributed by atoms with Crippen LogP contribution in [0.5, 0.6) is 0 Å². The average Bonchev–Trinajstić information content (AvgIpc) is 2.33. The van der Waals surface area contributed by atoms with Gasteiger partial charge in [0.2, 0.25) is 0 Å². The molecule has 0 atom stereocenters. The Balaban J connectivity index is 2.77. The van der Waals surface area contributed by atoms with E-state index >= 15 is 0 Å². The molecule has 0 unspecified atom stereocenters. The van der Waals surface area contributed by atoms with Gasteiger partial charge >= 0.3 is 0 Å². The molecule has 12 heavy (non-hydrogen) atoms. The summed E-state index contributed by atoms with van der Waals surface area (Å²) in [6.07, 6.45) is 2.90. The molecule has 1 radical (unpaired) electrons. The van der Waals surface area contributed by atoms with Crippen LogP contribution in [-0.4, -0.2) is 9.78 Å². The highest BCUT2D eigenvalue weighted by atomic mass is 15.3. The van der Waals surface area contributed by atoms with Gasteiger partial charge in [0, 0.05) is 12.2 Å². The van der Waals surface area contributed by atoms with E-state index in [-0.39, 0.29) is 0 Å². The highest BCUT2D eigenvalue weighted by Gasteiger charge is 2.07. The zero-order valence-corrected chi connectivity index (χ0v) is 8.33. The molecule has 2 heteroatoms. The first-order valence-electron chi connectivity index (χ1n) is 4.55. The van der Waals surface area contributed by atoms with Crippen molar-refractivity contribution in [3.05, 3.63) is 18.0 Å². The van der Waals surface area contributed by atoms with Crippen LogP contribution in [0.2, 0.25) is 0 Å². The summed E-state index contributed by atoms with van der Waals surface area (Å²) < 4.78 is 2.05. The van der Waals surface area contributed by atoms with Crippen LogP contribution in [0, 0.1) is 12.1 Å². The summed E-state index contributed by atoms with van der Waals surface area (Å²) in [6, 6.07) is 1.98. The minimum absolute atomic E-state index is 0.544. The van der Waals surface area contributed by atoms with Gasteiger partial charge in [0.25, 0.3) is 0 Å². The van der Waals surface area contributed by atoms with E-state index in [4.69, 9.17) is 0 Å². The summed E-state index contributed by atoms with van der Waals surface area (Å²) in [7, 11) is 0. The first kappa shape index (κ1) is 9.30. The van der Waals surface area contributed by atoms with E-state index in [0.29, 0.717) is 11.8 Å². The molecule has 0 spiro atoms. The van der Waals surface area contributed by atoms with E-state index in [2.05, 4.69) is 43.7 Å². The third kappa shape index (κ3) is 2.10. The maximum atomic E-state index is 4.17. The molecule has 0 saturated carbocycles. The van der Waals surface area contributed by atoms with Crippen LogP contribution in [-0.2, 0) is 6.54 Å². The average molecular weight is 165 g/mol. The Morgan fingerprint density at radius 3 is 2.58 bits per heavy atom. The molecular formula is C10H17N2. The smallest absolute Gasteiger partial charge is 0.113 e. The second-order valence-corrected chi connectivity index (χ2v) is 3.93. The summed E-state index contributed by atoms with van der Waals surface area (Å²) in [5.74, 6) is 1.19. The molecule has 1 aromatic heterocycles. The van der Waals surface area contributed by atoms with Gasteiger partial charge in [-0.25, -0.2) is 0 Å². The maximum Gasteiger partial charge on any atom is 0.113 e. The standard InChI is InChI=1S/C10H17N2/c1-8(2)7-12-10(9(3)4)5-6-11-12/h5,8-9H,7H2,1-4H3. The third-order valence-corrected chi connectivity index (χ3v) is 1.82. The molecule has 0 saturated heterocycles. The summed E-state index contributed by atoms with van der Waals surface area (Å²) in [5, 5.41) is 4.17. The Bertz CT molecular complexity index is 236. The SMILES string of the molecule is CC(C)Cn1n[c]cc1C(C)C. The molecule has 0 N–H and O–H groups in total. The molecular weight excluding hydrogens is 148 g/mol. The summed E-state index contributed by atoms with van der Waals surface area (Å²) in [4.78, 5) is 0.